The molecule has 1 rings (SSSR count). The average molecular weight is 255 g/mol. The zero-order chi connectivity index (χ0) is 12.8. The zero-order valence-electron chi connectivity index (χ0n) is 9.70. The van der Waals surface area contributed by atoms with Gasteiger partial charge in [-0.3, -0.25) is 0 Å². The first kappa shape index (κ1) is 13.6. The number of carbonyl (C=O) groups is 1. The second-order valence-electron chi connectivity index (χ2n) is 3.38. The molecule has 3 nitrogen and oxygen atoms in total. The molecular formula is C12H14FNO2S. The standard InChI is InChI=1S/C12H14FNO2S/c1-8(12(15)16-2)5-6-17-11-4-3-9(14)7-10(11)13/h3-5,7H,6,14H2,1-2H3. The van der Waals surface area contributed by atoms with Crippen molar-refractivity contribution < 1.29 is 13.9 Å². The highest BCUT2D eigenvalue weighted by atomic mass is 32.2. The highest BCUT2D eigenvalue weighted by Gasteiger charge is 2.04. The van der Waals surface area contributed by atoms with E-state index in [1.807, 2.05) is 0 Å². The number of hydrogen-bond donors (Lipinski definition) is 1. The number of rotatable bonds is 4. The molecule has 17 heavy (non-hydrogen) atoms. The minimum Gasteiger partial charge on any atom is -0.466 e. The minimum absolute atomic E-state index is 0.348. The van der Waals surface area contributed by atoms with Gasteiger partial charge in [0.05, 0.1) is 7.11 Å². The number of nitrogens with two attached hydrogens (primary N) is 1. The monoisotopic (exact) mass is 255 g/mol. The van der Waals surface area contributed by atoms with Gasteiger partial charge >= 0.3 is 5.97 Å². The van der Waals surface area contributed by atoms with E-state index in [1.54, 1.807) is 25.1 Å². The van der Waals surface area contributed by atoms with Gasteiger partial charge in [-0.05, 0) is 25.1 Å². The maximum atomic E-state index is 13.4. The number of anilines is 1. The number of methoxy groups -OCH3 is 1. The van der Waals surface area contributed by atoms with Crippen molar-refractivity contribution in [3.63, 3.8) is 0 Å². The third-order valence-electron chi connectivity index (χ3n) is 2.09. The smallest absolute Gasteiger partial charge is 0.333 e. The zero-order valence-corrected chi connectivity index (χ0v) is 10.5. The molecule has 0 spiro atoms. The van der Waals surface area contributed by atoms with Gasteiger partial charge < -0.3 is 10.5 Å². The SMILES string of the molecule is COC(=O)C(C)=CCSc1ccc(N)cc1F. The Hall–Kier alpha value is -1.49. The molecule has 0 saturated heterocycles. The van der Waals surface area contributed by atoms with Crippen LogP contribution in [0.15, 0.2) is 34.7 Å². The van der Waals surface area contributed by atoms with Crippen LogP contribution in [0.25, 0.3) is 0 Å². The van der Waals surface area contributed by atoms with E-state index >= 15 is 0 Å². The third kappa shape index (κ3) is 4.11. The number of hydrogen-bond acceptors (Lipinski definition) is 4. The quantitative estimate of drug-likeness (QED) is 0.389. The fourth-order valence-corrected chi connectivity index (χ4v) is 2.01. The molecule has 0 fully saturated rings. The Morgan fingerprint density at radius 3 is 2.88 bits per heavy atom. The molecule has 92 valence electrons. The summed E-state index contributed by atoms with van der Waals surface area (Å²) in [6.45, 7) is 1.66. The molecule has 0 saturated carbocycles. The molecule has 0 heterocycles. The van der Waals surface area contributed by atoms with Crippen LogP contribution in [0.5, 0.6) is 0 Å². The normalized spacial score (nSPS) is 11.4. The van der Waals surface area contributed by atoms with E-state index in [2.05, 4.69) is 4.74 Å². The van der Waals surface area contributed by atoms with Crippen LogP contribution >= 0.6 is 11.8 Å². The van der Waals surface area contributed by atoms with Crippen LogP contribution in [0.2, 0.25) is 0 Å². The molecule has 0 aliphatic carbocycles. The van der Waals surface area contributed by atoms with Crippen LogP contribution in [0.4, 0.5) is 10.1 Å². The number of carbonyl (C=O) groups excluding carboxylic acids is 1. The number of thioether (sulfide) groups is 1. The van der Waals surface area contributed by atoms with E-state index in [0.717, 1.165) is 0 Å². The number of ether oxygens (including phenoxy) is 1. The fraction of sp³-hybridized carbons (Fsp3) is 0.250. The van der Waals surface area contributed by atoms with Gasteiger partial charge in [0.2, 0.25) is 0 Å². The Morgan fingerprint density at radius 1 is 1.59 bits per heavy atom. The van der Waals surface area contributed by atoms with Crippen molar-refractivity contribution in [2.24, 2.45) is 0 Å². The first-order valence-electron chi connectivity index (χ1n) is 4.97. The predicted molar refractivity (Wildman–Crippen MR) is 67.3 cm³/mol. The van der Waals surface area contributed by atoms with Crippen molar-refractivity contribution in [2.45, 2.75) is 11.8 Å². The van der Waals surface area contributed by atoms with Gasteiger partial charge in [-0.2, -0.15) is 0 Å². The maximum Gasteiger partial charge on any atom is 0.333 e. The van der Waals surface area contributed by atoms with Crippen LogP contribution in [0, 0.1) is 5.82 Å². The molecule has 2 N–H and O–H groups in total. The van der Waals surface area contributed by atoms with E-state index in [9.17, 15) is 9.18 Å². The summed E-state index contributed by atoms with van der Waals surface area (Å²) in [7, 11) is 1.33. The predicted octanol–water partition coefficient (Wildman–Crippen LogP) is 2.62. The summed E-state index contributed by atoms with van der Waals surface area (Å²) in [4.78, 5) is 11.6. The number of nitrogen functional groups attached to an aromatic ring is 1. The van der Waals surface area contributed by atoms with Crippen LogP contribution < -0.4 is 5.73 Å². The van der Waals surface area contributed by atoms with Crippen LogP contribution in [0.1, 0.15) is 6.92 Å². The Labute approximate surface area is 104 Å². The first-order chi connectivity index (χ1) is 8.04. The van der Waals surface area contributed by atoms with Crippen LogP contribution in [-0.2, 0) is 9.53 Å². The maximum absolute atomic E-state index is 13.4. The van der Waals surface area contributed by atoms with Crippen LogP contribution in [0.3, 0.4) is 0 Å². The van der Waals surface area contributed by atoms with E-state index in [4.69, 9.17) is 5.73 Å². The van der Waals surface area contributed by atoms with E-state index < -0.39 is 0 Å². The molecule has 0 radical (unpaired) electrons. The second-order valence-corrected chi connectivity index (χ2v) is 4.44. The van der Waals surface area contributed by atoms with Crippen molar-refractivity contribution >= 4 is 23.4 Å². The summed E-state index contributed by atoms with van der Waals surface area (Å²) in [5.74, 6) is -0.218. The molecule has 0 aliphatic heterocycles. The lowest BCUT2D eigenvalue weighted by Crippen LogP contribution is -2.01. The van der Waals surface area contributed by atoms with Gasteiger partial charge in [0, 0.05) is 21.9 Å². The number of esters is 1. The molecule has 5 heteroatoms. The Balaban J connectivity index is 2.59. The third-order valence-corrected chi connectivity index (χ3v) is 3.07. The summed E-state index contributed by atoms with van der Waals surface area (Å²) in [5, 5.41) is 0. The van der Waals surface area contributed by atoms with Crippen molar-refractivity contribution in [1.29, 1.82) is 0 Å². The van der Waals surface area contributed by atoms with E-state index in [0.29, 0.717) is 21.9 Å². The van der Waals surface area contributed by atoms with E-state index in [1.165, 1.54) is 24.9 Å². The molecular weight excluding hydrogens is 241 g/mol. The number of benzene rings is 1. The van der Waals surface area contributed by atoms with Crippen molar-refractivity contribution in [2.75, 3.05) is 18.6 Å². The first-order valence-corrected chi connectivity index (χ1v) is 5.96. The summed E-state index contributed by atoms with van der Waals surface area (Å²) in [5.41, 5.74) is 6.35. The van der Waals surface area contributed by atoms with Crippen LogP contribution in [-0.4, -0.2) is 18.8 Å². The second kappa shape index (κ2) is 6.30. The topological polar surface area (TPSA) is 52.3 Å². The molecule has 0 aromatic heterocycles. The molecule has 0 amide bonds. The van der Waals surface area contributed by atoms with Crippen molar-refractivity contribution in [3.8, 4) is 0 Å². The molecule has 1 aromatic rings. The molecule has 1 aromatic carbocycles. The largest absolute Gasteiger partial charge is 0.466 e. The lowest BCUT2D eigenvalue weighted by molar-refractivity contribution is -0.136. The lowest BCUT2D eigenvalue weighted by atomic mass is 10.3. The van der Waals surface area contributed by atoms with Gasteiger partial charge in [0.1, 0.15) is 5.82 Å². The molecule has 0 unspecified atom stereocenters. The highest BCUT2D eigenvalue weighted by molar-refractivity contribution is 7.99. The Bertz CT molecular complexity index is 446. The Morgan fingerprint density at radius 2 is 2.29 bits per heavy atom. The summed E-state index contributed by atoms with van der Waals surface area (Å²) in [6, 6.07) is 4.54. The highest BCUT2D eigenvalue weighted by Crippen LogP contribution is 2.23. The van der Waals surface area contributed by atoms with E-state index in [-0.39, 0.29) is 11.8 Å². The van der Waals surface area contributed by atoms with Gasteiger partial charge in [-0.15, -0.1) is 11.8 Å². The fourth-order valence-electron chi connectivity index (χ4n) is 1.13. The molecule has 0 aliphatic rings. The van der Waals surface area contributed by atoms with Gasteiger partial charge in [0.25, 0.3) is 0 Å². The van der Waals surface area contributed by atoms with Crippen molar-refractivity contribution in [3.05, 3.63) is 35.7 Å². The van der Waals surface area contributed by atoms with Gasteiger partial charge in [-0.25, -0.2) is 9.18 Å². The number of halogens is 1. The van der Waals surface area contributed by atoms with Gasteiger partial charge in [-0.1, -0.05) is 6.08 Å². The molecule has 0 atom stereocenters. The Kier molecular flexibility index (Phi) is 5.03. The summed E-state index contributed by atoms with van der Waals surface area (Å²) < 4.78 is 17.9. The van der Waals surface area contributed by atoms with Crippen molar-refractivity contribution in [1.82, 2.24) is 0 Å². The lowest BCUT2D eigenvalue weighted by Gasteiger charge is -2.02. The summed E-state index contributed by atoms with van der Waals surface area (Å²) >= 11 is 1.30. The molecule has 0 bridgehead atoms. The average Bonchev–Trinajstić information content (AvgIpc) is 2.30. The summed E-state index contributed by atoms with van der Waals surface area (Å²) in [6.07, 6.45) is 1.70. The minimum atomic E-state index is -0.372. The van der Waals surface area contributed by atoms with Gasteiger partial charge in [0.15, 0.2) is 0 Å².